The SMILES string of the molecule is Cc1nc(C)c2c(C)c(C(=O)NNC(=O)C(C)Oc3ccc4ccccc4c3)sc2n1. The molecule has 2 aromatic carbocycles. The lowest BCUT2D eigenvalue weighted by atomic mass is 10.1. The molecular formula is C23H22N4O3S. The smallest absolute Gasteiger partial charge is 0.280 e. The van der Waals surface area contributed by atoms with Crippen molar-refractivity contribution in [2.24, 2.45) is 0 Å². The maximum Gasteiger partial charge on any atom is 0.280 e. The second-order valence-electron chi connectivity index (χ2n) is 7.30. The highest BCUT2D eigenvalue weighted by molar-refractivity contribution is 7.20. The van der Waals surface area contributed by atoms with Crippen LogP contribution in [0.1, 0.15) is 33.7 Å². The number of hydrogen-bond donors (Lipinski definition) is 2. The average molecular weight is 435 g/mol. The molecule has 8 heteroatoms. The number of hydrogen-bond acceptors (Lipinski definition) is 6. The molecule has 0 saturated heterocycles. The van der Waals surface area contributed by atoms with E-state index in [0.29, 0.717) is 16.5 Å². The molecule has 2 N–H and O–H groups in total. The van der Waals surface area contributed by atoms with Gasteiger partial charge in [0.1, 0.15) is 16.4 Å². The number of carbonyl (C=O) groups is 2. The van der Waals surface area contributed by atoms with Crippen molar-refractivity contribution < 1.29 is 14.3 Å². The standard InChI is InChI=1S/C23H22N4O3S/c1-12-19-13(2)24-15(4)25-23(19)31-20(12)22(29)27-26-21(28)14(3)30-18-10-9-16-7-5-6-8-17(16)11-18/h5-11,14H,1-4H3,(H,26,28)(H,27,29). The molecule has 0 aliphatic heterocycles. The summed E-state index contributed by atoms with van der Waals surface area (Å²) in [6.07, 6.45) is -0.791. The van der Waals surface area contributed by atoms with Crippen LogP contribution in [-0.4, -0.2) is 27.9 Å². The molecule has 1 atom stereocenters. The molecule has 0 aliphatic carbocycles. The van der Waals surface area contributed by atoms with E-state index in [4.69, 9.17) is 4.74 Å². The first kappa shape index (κ1) is 20.7. The van der Waals surface area contributed by atoms with Crippen molar-refractivity contribution in [3.05, 3.63) is 64.4 Å². The van der Waals surface area contributed by atoms with Crippen LogP contribution in [0.25, 0.3) is 21.0 Å². The largest absolute Gasteiger partial charge is 0.481 e. The van der Waals surface area contributed by atoms with E-state index >= 15 is 0 Å². The molecule has 7 nitrogen and oxygen atoms in total. The van der Waals surface area contributed by atoms with E-state index in [1.54, 1.807) is 6.92 Å². The highest BCUT2D eigenvalue weighted by atomic mass is 32.1. The summed E-state index contributed by atoms with van der Waals surface area (Å²) in [6, 6.07) is 13.5. The number of carbonyl (C=O) groups excluding carboxylic acids is 2. The molecule has 2 heterocycles. The van der Waals surface area contributed by atoms with Gasteiger partial charge < -0.3 is 4.74 Å². The van der Waals surface area contributed by atoms with E-state index in [-0.39, 0.29) is 0 Å². The van der Waals surface area contributed by atoms with Crippen LogP contribution in [0.4, 0.5) is 0 Å². The van der Waals surface area contributed by atoms with Gasteiger partial charge in [-0.1, -0.05) is 30.3 Å². The second-order valence-corrected chi connectivity index (χ2v) is 8.30. The van der Waals surface area contributed by atoms with Crippen LogP contribution in [-0.2, 0) is 4.79 Å². The molecule has 4 rings (SSSR count). The highest BCUT2D eigenvalue weighted by Crippen LogP contribution is 2.31. The number of ether oxygens (including phenoxy) is 1. The topological polar surface area (TPSA) is 93.2 Å². The van der Waals surface area contributed by atoms with Gasteiger partial charge in [-0.3, -0.25) is 20.4 Å². The number of rotatable bonds is 4. The summed E-state index contributed by atoms with van der Waals surface area (Å²) < 4.78 is 5.74. The van der Waals surface area contributed by atoms with Gasteiger partial charge in [-0.05, 0) is 56.2 Å². The molecule has 0 fully saturated rings. The van der Waals surface area contributed by atoms with Gasteiger partial charge in [0.15, 0.2) is 6.10 Å². The van der Waals surface area contributed by atoms with Crippen molar-refractivity contribution in [1.82, 2.24) is 20.8 Å². The summed E-state index contributed by atoms with van der Waals surface area (Å²) in [6.45, 7) is 7.19. The second kappa shape index (κ2) is 8.31. The van der Waals surface area contributed by atoms with Crippen LogP contribution in [0.5, 0.6) is 5.75 Å². The highest BCUT2D eigenvalue weighted by Gasteiger charge is 2.21. The third-order valence-electron chi connectivity index (χ3n) is 4.99. The zero-order valence-corrected chi connectivity index (χ0v) is 18.5. The van der Waals surface area contributed by atoms with E-state index in [1.165, 1.54) is 11.3 Å². The number of aromatic nitrogens is 2. The monoisotopic (exact) mass is 434 g/mol. The van der Waals surface area contributed by atoms with E-state index in [2.05, 4.69) is 20.8 Å². The van der Waals surface area contributed by atoms with Crippen molar-refractivity contribution in [3.63, 3.8) is 0 Å². The molecule has 0 radical (unpaired) electrons. The van der Waals surface area contributed by atoms with Gasteiger partial charge in [-0.25, -0.2) is 9.97 Å². The molecule has 1 unspecified atom stereocenters. The Morgan fingerprint density at radius 3 is 2.52 bits per heavy atom. The minimum Gasteiger partial charge on any atom is -0.481 e. The fourth-order valence-corrected chi connectivity index (χ4v) is 4.64. The van der Waals surface area contributed by atoms with Crippen molar-refractivity contribution in [1.29, 1.82) is 0 Å². The van der Waals surface area contributed by atoms with Gasteiger partial charge in [-0.15, -0.1) is 11.3 Å². The summed E-state index contributed by atoms with van der Waals surface area (Å²) in [7, 11) is 0. The van der Waals surface area contributed by atoms with E-state index in [1.807, 2.05) is 63.2 Å². The number of benzene rings is 2. The van der Waals surface area contributed by atoms with Crippen molar-refractivity contribution in [3.8, 4) is 5.75 Å². The Hall–Kier alpha value is -3.52. The van der Waals surface area contributed by atoms with Gasteiger partial charge in [-0.2, -0.15) is 0 Å². The number of hydrazine groups is 1. The Balaban J connectivity index is 1.41. The number of nitrogens with zero attached hydrogens (tertiary/aromatic N) is 2. The third-order valence-corrected chi connectivity index (χ3v) is 6.18. The molecule has 0 aliphatic rings. The van der Waals surface area contributed by atoms with Gasteiger partial charge >= 0.3 is 0 Å². The Morgan fingerprint density at radius 2 is 1.74 bits per heavy atom. The predicted octanol–water partition coefficient (Wildman–Crippen LogP) is 4.00. The lowest BCUT2D eigenvalue weighted by molar-refractivity contribution is -0.128. The fraction of sp³-hybridized carbons (Fsp3) is 0.217. The molecule has 0 saturated carbocycles. The quantitative estimate of drug-likeness (QED) is 0.474. The first-order valence-electron chi connectivity index (χ1n) is 9.83. The number of amides is 2. The van der Waals surface area contributed by atoms with Gasteiger partial charge in [0.25, 0.3) is 11.8 Å². The lowest BCUT2D eigenvalue weighted by Gasteiger charge is -2.15. The Bertz CT molecular complexity index is 1320. The average Bonchev–Trinajstić information content (AvgIpc) is 3.08. The predicted molar refractivity (Wildman–Crippen MR) is 121 cm³/mol. The Kier molecular flexibility index (Phi) is 5.56. The molecule has 2 aromatic heterocycles. The summed E-state index contributed by atoms with van der Waals surface area (Å²) in [4.78, 5) is 35.1. The molecule has 4 aromatic rings. The maximum absolute atomic E-state index is 12.7. The van der Waals surface area contributed by atoms with Crippen LogP contribution in [0, 0.1) is 20.8 Å². The van der Waals surface area contributed by atoms with Gasteiger partial charge in [0.05, 0.1) is 4.88 Å². The van der Waals surface area contributed by atoms with Crippen LogP contribution in [0.15, 0.2) is 42.5 Å². The number of fused-ring (bicyclic) bond motifs is 2. The summed E-state index contributed by atoms with van der Waals surface area (Å²) in [5.74, 6) is 0.388. The van der Waals surface area contributed by atoms with Crippen molar-refractivity contribution in [2.75, 3.05) is 0 Å². The Morgan fingerprint density at radius 1 is 1.00 bits per heavy atom. The minimum absolute atomic E-state index is 0.399. The van der Waals surface area contributed by atoms with Crippen LogP contribution in [0.2, 0.25) is 0 Å². The van der Waals surface area contributed by atoms with Crippen LogP contribution in [0.3, 0.4) is 0 Å². The summed E-state index contributed by atoms with van der Waals surface area (Å²) in [5, 5.41) is 2.99. The normalized spacial score (nSPS) is 12.0. The molecular weight excluding hydrogens is 412 g/mol. The van der Waals surface area contributed by atoms with Crippen LogP contribution >= 0.6 is 11.3 Å². The van der Waals surface area contributed by atoms with Crippen molar-refractivity contribution in [2.45, 2.75) is 33.8 Å². The van der Waals surface area contributed by atoms with E-state index in [9.17, 15) is 9.59 Å². The summed E-state index contributed by atoms with van der Waals surface area (Å²) in [5.41, 5.74) is 6.54. The zero-order valence-electron chi connectivity index (χ0n) is 17.6. The zero-order chi connectivity index (χ0) is 22.1. The first-order valence-corrected chi connectivity index (χ1v) is 10.6. The molecule has 0 bridgehead atoms. The first-order chi connectivity index (χ1) is 14.8. The maximum atomic E-state index is 12.7. The summed E-state index contributed by atoms with van der Waals surface area (Å²) >= 11 is 1.28. The van der Waals surface area contributed by atoms with Gasteiger partial charge in [0, 0.05) is 11.1 Å². The number of aryl methyl sites for hydroxylation is 3. The number of nitrogens with one attached hydrogen (secondary N) is 2. The molecule has 158 valence electrons. The molecule has 2 amide bonds. The minimum atomic E-state index is -0.791. The number of thiophene rings is 1. The van der Waals surface area contributed by atoms with E-state index < -0.39 is 17.9 Å². The molecule has 31 heavy (non-hydrogen) atoms. The molecule has 0 spiro atoms. The van der Waals surface area contributed by atoms with Gasteiger partial charge in [0.2, 0.25) is 0 Å². The Labute approximate surface area is 183 Å². The fourth-order valence-electron chi connectivity index (χ4n) is 3.47. The van der Waals surface area contributed by atoms with E-state index in [0.717, 1.165) is 32.2 Å². The van der Waals surface area contributed by atoms with Crippen molar-refractivity contribution >= 4 is 44.1 Å². The van der Waals surface area contributed by atoms with Crippen LogP contribution < -0.4 is 15.6 Å². The third kappa shape index (κ3) is 4.20. The lowest BCUT2D eigenvalue weighted by Crippen LogP contribution is -2.47.